The van der Waals surface area contributed by atoms with E-state index in [0.717, 1.165) is 18.4 Å². The Morgan fingerprint density at radius 1 is 1.11 bits per heavy atom. The average Bonchev–Trinajstić information content (AvgIpc) is 2.38. The Balaban J connectivity index is 2.01. The van der Waals surface area contributed by atoms with Gasteiger partial charge in [0.05, 0.1) is 4.90 Å². The molecular weight excluding hydrogens is 248 g/mol. The fourth-order valence-corrected chi connectivity index (χ4v) is 3.50. The van der Waals surface area contributed by atoms with E-state index in [9.17, 15) is 8.42 Å². The Morgan fingerprint density at radius 2 is 1.78 bits per heavy atom. The molecule has 100 valence electrons. The Labute approximate surface area is 109 Å². The summed E-state index contributed by atoms with van der Waals surface area (Å²) in [6.07, 6.45) is 5.67. The molecule has 0 radical (unpaired) electrons. The van der Waals surface area contributed by atoms with Crippen LogP contribution >= 0.6 is 0 Å². The molecule has 0 amide bonds. The topological polar surface area (TPSA) is 58.2 Å². The van der Waals surface area contributed by atoms with E-state index in [1.807, 2.05) is 6.07 Å². The molecule has 0 aromatic heterocycles. The van der Waals surface area contributed by atoms with Crippen molar-refractivity contribution in [3.63, 3.8) is 0 Å². The van der Waals surface area contributed by atoms with Crippen LogP contribution < -0.4 is 10.3 Å². The van der Waals surface area contributed by atoms with Crippen LogP contribution in [0.25, 0.3) is 0 Å². The van der Waals surface area contributed by atoms with E-state index in [1.165, 1.54) is 19.3 Å². The van der Waals surface area contributed by atoms with Gasteiger partial charge in [-0.3, -0.25) is 0 Å². The van der Waals surface area contributed by atoms with Crippen LogP contribution in [-0.4, -0.2) is 14.5 Å². The van der Waals surface area contributed by atoms with Gasteiger partial charge in [-0.1, -0.05) is 37.5 Å². The average molecular weight is 268 g/mol. The number of hydrogen-bond acceptors (Lipinski definition) is 3. The molecule has 1 aromatic carbocycles. The maximum absolute atomic E-state index is 12.1. The summed E-state index contributed by atoms with van der Waals surface area (Å²) in [6.45, 7) is 1.80. The summed E-state index contributed by atoms with van der Waals surface area (Å²) in [5, 5.41) is 0. The van der Waals surface area contributed by atoms with Gasteiger partial charge in [-0.05, 0) is 31.4 Å². The van der Waals surface area contributed by atoms with Crippen LogP contribution in [0.5, 0.6) is 0 Å². The van der Waals surface area contributed by atoms with Crippen LogP contribution in [0, 0.1) is 6.92 Å². The monoisotopic (exact) mass is 268 g/mol. The van der Waals surface area contributed by atoms with Gasteiger partial charge >= 0.3 is 0 Å². The Hall–Kier alpha value is -0.910. The van der Waals surface area contributed by atoms with E-state index in [4.69, 9.17) is 0 Å². The fourth-order valence-electron chi connectivity index (χ4n) is 2.32. The molecule has 0 heterocycles. The highest BCUT2D eigenvalue weighted by molar-refractivity contribution is 7.89. The first-order valence-electron chi connectivity index (χ1n) is 6.42. The van der Waals surface area contributed by atoms with Crippen LogP contribution in [0.2, 0.25) is 0 Å². The molecule has 1 aromatic rings. The molecule has 5 heteroatoms. The van der Waals surface area contributed by atoms with E-state index in [0.29, 0.717) is 4.90 Å². The predicted molar refractivity (Wildman–Crippen MR) is 71.5 cm³/mol. The zero-order chi connectivity index (χ0) is 13.0. The van der Waals surface area contributed by atoms with E-state index in [2.05, 4.69) is 10.3 Å². The van der Waals surface area contributed by atoms with Gasteiger partial charge in [0.1, 0.15) is 0 Å². The molecule has 2 N–H and O–H groups in total. The van der Waals surface area contributed by atoms with E-state index in [-0.39, 0.29) is 6.04 Å². The third-order valence-electron chi connectivity index (χ3n) is 3.39. The van der Waals surface area contributed by atoms with Gasteiger partial charge < -0.3 is 0 Å². The third kappa shape index (κ3) is 3.31. The normalized spacial score (nSPS) is 17.8. The summed E-state index contributed by atoms with van der Waals surface area (Å²) in [6, 6.07) is 7.26. The van der Waals surface area contributed by atoms with Gasteiger partial charge in [-0.15, -0.1) is 4.83 Å². The van der Waals surface area contributed by atoms with E-state index in [1.54, 1.807) is 25.1 Å². The molecule has 0 spiro atoms. The van der Waals surface area contributed by atoms with Crippen LogP contribution in [0.15, 0.2) is 29.2 Å². The number of sulfonamides is 1. The molecule has 1 aliphatic rings. The van der Waals surface area contributed by atoms with E-state index >= 15 is 0 Å². The largest absolute Gasteiger partial charge is 0.253 e. The van der Waals surface area contributed by atoms with Crippen molar-refractivity contribution in [3.8, 4) is 0 Å². The van der Waals surface area contributed by atoms with Gasteiger partial charge in [0, 0.05) is 6.04 Å². The lowest BCUT2D eigenvalue weighted by molar-refractivity contribution is 0.361. The summed E-state index contributed by atoms with van der Waals surface area (Å²) >= 11 is 0. The smallest absolute Gasteiger partial charge is 0.241 e. The van der Waals surface area contributed by atoms with Crippen molar-refractivity contribution < 1.29 is 8.42 Å². The molecule has 0 atom stereocenters. The first-order chi connectivity index (χ1) is 8.59. The second kappa shape index (κ2) is 5.82. The Bertz CT molecular complexity index is 493. The van der Waals surface area contributed by atoms with E-state index < -0.39 is 10.0 Å². The maximum Gasteiger partial charge on any atom is 0.253 e. The molecule has 4 nitrogen and oxygen atoms in total. The fraction of sp³-hybridized carbons (Fsp3) is 0.538. The lowest BCUT2D eigenvalue weighted by Gasteiger charge is -2.23. The number of rotatable bonds is 4. The van der Waals surface area contributed by atoms with Gasteiger partial charge in [-0.2, -0.15) is 0 Å². The number of hydrazine groups is 1. The van der Waals surface area contributed by atoms with Crippen LogP contribution in [0.4, 0.5) is 0 Å². The highest BCUT2D eigenvalue weighted by atomic mass is 32.2. The van der Waals surface area contributed by atoms with Gasteiger partial charge in [0.2, 0.25) is 0 Å². The maximum atomic E-state index is 12.1. The number of nitrogens with one attached hydrogen (secondary N) is 2. The second-order valence-corrected chi connectivity index (χ2v) is 6.50. The first kappa shape index (κ1) is 13.5. The lowest BCUT2D eigenvalue weighted by atomic mass is 9.96. The molecule has 18 heavy (non-hydrogen) atoms. The molecule has 2 rings (SSSR count). The third-order valence-corrected chi connectivity index (χ3v) is 4.81. The molecule has 1 fully saturated rings. The molecule has 0 unspecified atom stereocenters. The van der Waals surface area contributed by atoms with Crippen molar-refractivity contribution in [1.29, 1.82) is 0 Å². The summed E-state index contributed by atoms with van der Waals surface area (Å²) in [4.78, 5) is 2.85. The Kier molecular flexibility index (Phi) is 4.37. The zero-order valence-electron chi connectivity index (χ0n) is 10.6. The summed E-state index contributed by atoms with van der Waals surface area (Å²) in [5.74, 6) is 0. The van der Waals surface area contributed by atoms with Crippen molar-refractivity contribution in [2.75, 3.05) is 0 Å². The van der Waals surface area contributed by atoms with Crippen LogP contribution in [-0.2, 0) is 10.0 Å². The number of benzene rings is 1. The minimum absolute atomic E-state index is 0.262. The summed E-state index contributed by atoms with van der Waals surface area (Å²) in [5.41, 5.74) is 3.71. The van der Waals surface area contributed by atoms with Crippen molar-refractivity contribution in [1.82, 2.24) is 10.3 Å². The highest BCUT2D eigenvalue weighted by Gasteiger charge is 2.19. The zero-order valence-corrected chi connectivity index (χ0v) is 11.5. The van der Waals surface area contributed by atoms with Crippen molar-refractivity contribution in [2.24, 2.45) is 0 Å². The number of hydrogen-bond donors (Lipinski definition) is 2. The highest BCUT2D eigenvalue weighted by Crippen LogP contribution is 2.18. The number of aryl methyl sites for hydroxylation is 1. The SMILES string of the molecule is Cc1ccccc1S(=O)(=O)NNC1CCCCC1. The van der Waals surface area contributed by atoms with Crippen molar-refractivity contribution in [2.45, 2.75) is 50.0 Å². The molecular formula is C13H20N2O2S. The quantitative estimate of drug-likeness (QED) is 0.822. The molecule has 0 aliphatic heterocycles. The standard InChI is InChI=1S/C13H20N2O2S/c1-11-7-5-6-10-13(11)18(16,17)15-14-12-8-3-2-4-9-12/h5-7,10,12,14-15H,2-4,8-9H2,1H3. The van der Waals surface area contributed by atoms with Gasteiger partial charge in [0.15, 0.2) is 0 Å². The lowest BCUT2D eigenvalue weighted by Crippen LogP contribution is -2.45. The molecule has 0 saturated heterocycles. The van der Waals surface area contributed by atoms with Crippen molar-refractivity contribution >= 4 is 10.0 Å². The second-order valence-electron chi connectivity index (χ2n) is 4.85. The first-order valence-corrected chi connectivity index (χ1v) is 7.91. The molecule has 1 saturated carbocycles. The van der Waals surface area contributed by atoms with Gasteiger partial charge in [0.25, 0.3) is 10.0 Å². The Morgan fingerprint density at radius 3 is 2.44 bits per heavy atom. The molecule has 0 bridgehead atoms. The predicted octanol–water partition coefficient (Wildman–Crippen LogP) is 2.11. The minimum atomic E-state index is -3.45. The van der Waals surface area contributed by atoms with Crippen LogP contribution in [0.3, 0.4) is 0 Å². The minimum Gasteiger partial charge on any atom is -0.241 e. The van der Waals surface area contributed by atoms with Crippen molar-refractivity contribution in [3.05, 3.63) is 29.8 Å². The molecule has 1 aliphatic carbocycles. The van der Waals surface area contributed by atoms with Gasteiger partial charge in [-0.25, -0.2) is 13.8 Å². The summed E-state index contributed by atoms with van der Waals surface area (Å²) < 4.78 is 24.2. The summed E-state index contributed by atoms with van der Waals surface area (Å²) in [7, 11) is -3.45. The van der Waals surface area contributed by atoms with Crippen LogP contribution in [0.1, 0.15) is 37.7 Å².